The van der Waals surface area contributed by atoms with Crippen LogP contribution in [0.5, 0.6) is 0 Å². The van der Waals surface area contributed by atoms with Gasteiger partial charge in [-0.1, -0.05) is 0 Å². The number of aryl methyl sites for hydroxylation is 1. The van der Waals surface area contributed by atoms with Crippen LogP contribution in [0.25, 0.3) is 0 Å². The van der Waals surface area contributed by atoms with Crippen molar-refractivity contribution >= 4 is 17.2 Å². The molecule has 2 rings (SSSR count). The van der Waals surface area contributed by atoms with Gasteiger partial charge in [0, 0.05) is 28.3 Å². The minimum absolute atomic E-state index is 0.00159. The zero-order valence-corrected chi connectivity index (χ0v) is 12.5. The molecule has 0 radical (unpaired) electrons. The average molecular weight is 282 g/mol. The summed E-state index contributed by atoms with van der Waals surface area (Å²) in [5, 5.41) is 3.06. The summed E-state index contributed by atoms with van der Waals surface area (Å²) < 4.78 is 5.31. The van der Waals surface area contributed by atoms with Gasteiger partial charge in [-0.3, -0.25) is 4.79 Å². The highest BCUT2D eigenvalue weighted by atomic mass is 32.1. The van der Waals surface area contributed by atoms with Crippen LogP contribution in [-0.2, 0) is 16.0 Å². The van der Waals surface area contributed by atoms with Crippen LogP contribution in [0.4, 0.5) is 0 Å². The van der Waals surface area contributed by atoms with Crippen molar-refractivity contribution in [1.82, 2.24) is 5.32 Å². The van der Waals surface area contributed by atoms with E-state index in [9.17, 15) is 4.79 Å². The van der Waals surface area contributed by atoms with Crippen LogP contribution in [0, 0.1) is 12.3 Å². The van der Waals surface area contributed by atoms with E-state index in [0.717, 1.165) is 6.42 Å². The summed E-state index contributed by atoms with van der Waals surface area (Å²) in [6.45, 7) is 6.86. The molecule has 19 heavy (non-hydrogen) atoms. The van der Waals surface area contributed by atoms with Gasteiger partial charge in [-0.2, -0.15) is 0 Å². The number of amides is 1. The van der Waals surface area contributed by atoms with Gasteiger partial charge in [0.1, 0.15) is 0 Å². The predicted octanol–water partition coefficient (Wildman–Crippen LogP) is 1.47. The molecule has 0 spiro atoms. The van der Waals surface area contributed by atoms with Crippen molar-refractivity contribution in [1.29, 1.82) is 0 Å². The molecule has 1 aromatic rings. The van der Waals surface area contributed by atoms with Crippen molar-refractivity contribution in [3.05, 3.63) is 21.9 Å². The van der Waals surface area contributed by atoms with Crippen molar-refractivity contribution < 1.29 is 9.53 Å². The second kappa shape index (κ2) is 5.61. The number of rotatable bonds is 4. The zero-order valence-electron chi connectivity index (χ0n) is 11.7. The van der Waals surface area contributed by atoms with Gasteiger partial charge in [-0.25, -0.2) is 0 Å². The van der Waals surface area contributed by atoms with E-state index in [2.05, 4.69) is 24.4 Å². The van der Waals surface area contributed by atoms with E-state index in [1.807, 2.05) is 13.8 Å². The third-order valence-corrected chi connectivity index (χ3v) is 4.74. The van der Waals surface area contributed by atoms with Crippen LogP contribution in [0.1, 0.15) is 23.6 Å². The molecule has 0 aromatic carbocycles. The monoisotopic (exact) mass is 282 g/mol. The summed E-state index contributed by atoms with van der Waals surface area (Å²) in [5.74, 6) is -0.00159. The van der Waals surface area contributed by atoms with Gasteiger partial charge in [0.05, 0.1) is 18.6 Å². The molecule has 1 aliphatic heterocycles. The van der Waals surface area contributed by atoms with E-state index in [4.69, 9.17) is 10.5 Å². The Hall–Kier alpha value is -0.910. The highest BCUT2D eigenvalue weighted by molar-refractivity contribution is 7.11. The van der Waals surface area contributed by atoms with Crippen molar-refractivity contribution in [3.63, 3.8) is 0 Å². The Kier molecular flexibility index (Phi) is 4.28. The quantitative estimate of drug-likeness (QED) is 0.879. The van der Waals surface area contributed by atoms with Crippen LogP contribution in [0.15, 0.2) is 12.1 Å². The fraction of sp³-hybridized carbons (Fsp3) is 0.643. The molecule has 1 aliphatic rings. The fourth-order valence-corrected chi connectivity index (χ4v) is 3.28. The van der Waals surface area contributed by atoms with Gasteiger partial charge in [0.15, 0.2) is 0 Å². The third kappa shape index (κ3) is 3.16. The Bertz CT molecular complexity index is 460. The lowest BCUT2D eigenvalue weighted by atomic mass is 9.84. The number of nitrogens with one attached hydrogen (secondary N) is 1. The first-order valence-corrected chi connectivity index (χ1v) is 7.43. The van der Waals surface area contributed by atoms with Crippen LogP contribution in [0.2, 0.25) is 0 Å². The fourth-order valence-electron chi connectivity index (χ4n) is 2.26. The summed E-state index contributed by atoms with van der Waals surface area (Å²) in [5.41, 5.74) is 5.36. The molecule has 1 saturated heterocycles. The van der Waals surface area contributed by atoms with E-state index in [1.165, 1.54) is 9.75 Å². The van der Waals surface area contributed by atoms with Gasteiger partial charge in [-0.15, -0.1) is 11.3 Å². The Morgan fingerprint density at radius 2 is 2.42 bits per heavy atom. The lowest BCUT2D eigenvalue weighted by Crippen LogP contribution is -2.52. The number of ether oxygens (including phenoxy) is 1. The summed E-state index contributed by atoms with van der Waals surface area (Å²) >= 11 is 1.77. The number of nitrogens with two attached hydrogens (primary N) is 1. The number of carbonyl (C=O) groups is 1. The molecule has 0 saturated carbocycles. The normalized spacial score (nSPS) is 28.3. The van der Waals surface area contributed by atoms with Gasteiger partial charge < -0.3 is 15.8 Å². The minimum Gasteiger partial charge on any atom is -0.379 e. The minimum atomic E-state index is -0.598. The van der Waals surface area contributed by atoms with E-state index >= 15 is 0 Å². The van der Waals surface area contributed by atoms with Crippen LogP contribution >= 0.6 is 11.3 Å². The van der Waals surface area contributed by atoms with E-state index in [1.54, 1.807) is 11.3 Å². The Labute approximate surface area is 118 Å². The maximum atomic E-state index is 12.3. The molecule has 3 atom stereocenters. The molecule has 5 heteroatoms. The maximum Gasteiger partial charge on any atom is 0.230 e. The first-order chi connectivity index (χ1) is 8.91. The molecule has 1 aromatic heterocycles. The summed E-state index contributed by atoms with van der Waals surface area (Å²) in [6.07, 6.45) is 0.858. The number of hydrogen-bond acceptors (Lipinski definition) is 4. The molecular weight excluding hydrogens is 260 g/mol. The predicted molar refractivity (Wildman–Crippen MR) is 77.3 cm³/mol. The van der Waals surface area contributed by atoms with Crippen molar-refractivity contribution in [2.45, 2.75) is 39.3 Å². The summed E-state index contributed by atoms with van der Waals surface area (Å²) in [7, 11) is 0. The standard InChI is InChI=1S/C14H22N2O2S/c1-9(6-11-5-4-10(2)19-11)16-13(17)14(3)8-18-7-12(14)15/h4-5,9,12H,6-8,15H2,1-3H3,(H,16,17). The number of thiophene rings is 1. The number of carbonyl (C=O) groups excluding carboxylic acids is 1. The van der Waals surface area contributed by atoms with Gasteiger partial charge >= 0.3 is 0 Å². The zero-order chi connectivity index (χ0) is 14.0. The third-order valence-electron chi connectivity index (χ3n) is 3.72. The molecular formula is C14H22N2O2S. The largest absolute Gasteiger partial charge is 0.379 e. The van der Waals surface area contributed by atoms with Crippen molar-refractivity contribution in [3.8, 4) is 0 Å². The molecule has 2 heterocycles. The molecule has 0 aliphatic carbocycles. The van der Waals surface area contributed by atoms with Gasteiger partial charge in [0.2, 0.25) is 5.91 Å². The number of hydrogen-bond donors (Lipinski definition) is 2. The Morgan fingerprint density at radius 3 is 2.95 bits per heavy atom. The lowest BCUT2D eigenvalue weighted by molar-refractivity contribution is -0.131. The van der Waals surface area contributed by atoms with E-state index in [-0.39, 0.29) is 18.0 Å². The Morgan fingerprint density at radius 1 is 1.68 bits per heavy atom. The second-order valence-corrected chi connectivity index (χ2v) is 7.00. The molecule has 0 bridgehead atoms. The second-order valence-electron chi connectivity index (χ2n) is 5.63. The van der Waals surface area contributed by atoms with Gasteiger partial charge in [0.25, 0.3) is 0 Å². The molecule has 3 unspecified atom stereocenters. The van der Waals surface area contributed by atoms with Crippen LogP contribution in [0.3, 0.4) is 0 Å². The van der Waals surface area contributed by atoms with Crippen molar-refractivity contribution in [2.75, 3.05) is 13.2 Å². The average Bonchev–Trinajstić information content (AvgIpc) is 2.87. The lowest BCUT2D eigenvalue weighted by Gasteiger charge is -2.27. The maximum absolute atomic E-state index is 12.3. The summed E-state index contributed by atoms with van der Waals surface area (Å²) in [4.78, 5) is 14.9. The molecule has 1 fully saturated rings. The first-order valence-electron chi connectivity index (χ1n) is 6.61. The van der Waals surface area contributed by atoms with Crippen LogP contribution < -0.4 is 11.1 Å². The first kappa shape index (κ1) is 14.5. The SMILES string of the molecule is Cc1ccc(CC(C)NC(=O)C2(C)COCC2N)s1. The molecule has 1 amide bonds. The van der Waals surface area contributed by atoms with E-state index < -0.39 is 5.41 Å². The molecule has 3 N–H and O–H groups in total. The topological polar surface area (TPSA) is 64.3 Å². The van der Waals surface area contributed by atoms with E-state index in [0.29, 0.717) is 13.2 Å². The smallest absolute Gasteiger partial charge is 0.230 e. The molecule has 4 nitrogen and oxygen atoms in total. The molecule has 106 valence electrons. The van der Waals surface area contributed by atoms with Gasteiger partial charge in [-0.05, 0) is 32.9 Å². The van der Waals surface area contributed by atoms with Crippen molar-refractivity contribution in [2.24, 2.45) is 11.1 Å². The highest BCUT2D eigenvalue weighted by Gasteiger charge is 2.44. The highest BCUT2D eigenvalue weighted by Crippen LogP contribution is 2.27. The Balaban J connectivity index is 1.91. The van der Waals surface area contributed by atoms with Crippen LogP contribution in [-0.4, -0.2) is 31.2 Å². The summed E-state index contributed by atoms with van der Waals surface area (Å²) in [6, 6.07) is 4.12.